The largest absolute Gasteiger partial charge is 0.497 e. The van der Waals surface area contributed by atoms with E-state index in [1.54, 1.807) is 38.5 Å². The molecule has 0 N–H and O–H groups in total. The number of ether oxygens (including phenoxy) is 3. The minimum atomic E-state index is -0.494. The van der Waals surface area contributed by atoms with Crippen LogP contribution in [0.5, 0.6) is 11.5 Å². The van der Waals surface area contributed by atoms with Gasteiger partial charge in [-0.3, -0.25) is 4.40 Å². The second-order valence-electron chi connectivity index (χ2n) is 4.96. The molecule has 3 aromatic rings. The molecule has 0 saturated heterocycles. The molecule has 0 saturated carbocycles. The first-order chi connectivity index (χ1) is 12.1. The molecular formula is C17H15ClN2O4S. The van der Waals surface area contributed by atoms with Gasteiger partial charge in [-0.05, 0) is 24.3 Å². The van der Waals surface area contributed by atoms with Gasteiger partial charge >= 0.3 is 5.97 Å². The van der Waals surface area contributed by atoms with Gasteiger partial charge in [0.25, 0.3) is 0 Å². The number of benzene rings is 1. The van der Waals surface area contributed by atoms with E-state index in [4.69, 9.17) is 25.8 Å². The summed E-state index contributed by atoms with van der Waals surface area (Å²) in [4.78, 5) is 17.0. The van der Waals surface area contributed by atoms with Crippen molar-refractivity contribution in [2.24, 2.45) is 0 Å². The lowest BCUT2D eigenvalue weighted by Crippen LogP contribution is -2.03. The summed E-state index contributed by atoms with van der Waals surface area (Å²) in [6.07, 6.45) is 4.74. The Bertz CT molecular complexity index is 932. The minimum absolute atomic E-state index is 0.0670. The summed E-state index contributed by atoms with van der Waals surface area (Å²) in [7, 11) is 3.13. The van der Waals surface area contributed by atoms with Crippen LogP contribution in [0.1, 0.15) is 11.3 Å². The van der Waals surface area contributed by atoms with Crippen LogP contribution in [0, 0.1) is 0 Å². The standard InChI is InChI=1S/C17H15ClN2O4S/c1-22-12-3-5-14(23-2)11(9-12)10-24-15(21)6-4-13-16(18)19-17-20(13)7-8-25-17/h3-9H,10H2,1-2H3/b6-4+. The van der Waals surface area contributed by atoms with Crippen molar-refractivity contribution in [2.75, 3.05) is 14.2 Å². The molecule has 1 aromatic carbocycles. The van der Waals surface area contributed by atoms with E-state index in [1.807, 2.05) is 16.0 Å². The van der Waals surface area contributed by atoms with Crippen LogP contribution in [0.2, 0.25) is 5.15 Å². The summed E-state index contributed by atoms with van der Waals surface area (Å²) in [6, 6.07) is 5.30. The van der Waals surface area contributed by atoms with Crippen LogP contribution in [0.4, 0.5) is 0 Å². The van der Waals surface area contributed by atoms with Gasteiger partial charge in [0.15, 0.2) is 10.1 Å². The van der Waals surface area contributed by atoms with Crippen molar-refractivity contribution in [3.05, 3.63) is 52.3 Å². The maximum atomic E-state index is 12.0. The topological polar surface area (TPSA) is 62.1 Å². The second-order valence-corrected chi connectivity index (χ2v) is 6.19. The Balaban J connectivity index is 1.69. The number of hydrogen-bond donors (Lipinski definition) is 0. The Morgan fingerprint density at radius 3 is 2.96 bits per heavy atom. The number of carbonyl (C=O) groups is 1. The minimum Gasteiger partial charge on any atom is -0.497 e. The second kappa shape index (κ2) is 7.58. The van der Waals surface area contributed by atoms with E-state index >= 15 is 0 Å². The van der Waals surface area contributed by atoms with Crippen LogP contribution in [0.25, 0.3) is 11.0 Å². The Kier molecular flexibility index (Phi) is 5.25. The van der Waals surface area contributed by atoms with Gasteiger partial charge in [-0.1, -0.05) is 11.6 Å². The molecule has 0 unspecified atom stereocenters. The van der Waals surface area contributed by atoms with Gasteiger partial charge in [0.05, 0.1) is 19.9 Å². The van der Waals surface area contributed by atoms with Crippen molar-refractivity contribution in [1.29, 1.82) is 0 Å². The zero-order valence-electron chi connectivity index (χ0n) is 13.6. The van der Waals surface area contributed by atoms with Gasteiger partial charge < -0.3 is 14.2 Å². The molecule has 0 atom stereocenters. The predicted octanol–water partition coefficient (Wildman–Crippen LogP) is 3.82. The highest BCUT2D eigenvalue weighted by atomic mass is 35.5. The lowest BCUT2D eigenvalue weighted by atomic mass is 10.2. The molecule has 0 aliphatic rings. The number of thiazole rings is 1. The number of carbonyl (C=O) groups excluding carboxylic acids is 1. The fraction of sp³-hybridized carbons (Fsp3) is 0.176. The lowest BCUT2D eigenvalue weighted by molar-refractivity contribution is -0.138. The molecule has 25 heavy (non-hydrogen) atoms. The van der Waals surface area contributed by atoms with Gasteiger partial charge in [0.1, 0.15) is 18.1 Å². The zero-order valence-corrected chi connectivity index (χ0v) is 15.1. The molecule has 2 aromatic heterocycles. The molecule has 0 aliphatic carbocycles. The lowest BCUT2D eigenvalue weighted by Gasteiger charge is -2.10. The van der Waals surface area contributed by atoms with Gasteiger partial charge in [0.2, 0.25) is 0 Å². The molecule has 0 fully saturated rings. The zero-order chi connectivity index (χ0) is 17.8. The first kappa shape index (κ1) is 17.3. The van der Waals surface area contributed by atoms with E-state index in [9.17, 15) is 4.79 Å². The Labute approximate surface area is 153 Å². The van der Waals surface area contributed by atoms with Crippen LogP contribution >= 0.6 is 22.9 Å². The van der Waals surface area contributed by atoms with Crippen molar-refractivity contribution in [1.82, 2.24) is 9.38 Å². The van der Waals surface area contributed by atoms with Crippen LogP contribution in [-0.4, -0.2) is 29.6 Å². The molecular weight excluding hydrogens is 364 g/mol. The Hall–Kier alpha value is -2.51. The highest BCUT2D eigenvalue weighted by molar-refractivity contribution is 7.15. The first-order valence-corrected chi connectivity index (χ1v) is 8.55. The van der Waals surface area contributed by atoms with Gasteiger partial charge in [-0.25, -0.2) is 9.78 Å². The average Bonchev–Trinajstić information content (AvgIpc) is 3.18. The van der Waals surface area contributed by atoms with Crippen LogP contribution < -0.4 is 9.47 Å². The third-order valence-corrected chi connectivity index (χ3v) is 4.52. The normalized spacial score (nSPS) is 11.2. The molecule has 2 heterocycles. The highest BCUT2D eigenvalue weighted by Gasteiger charge is 2.10. The van der Waals surface area contributed by atoms with Crippen molar-refractivity contribution >= 4 is 39.9 Å². The number of esters is 1. The smallest absolute Gasteiger partial charge is 0.331 e. The number of imidazole rings is 1. The Morgan fingerprint density at radius 2 is 2.20 bits per heavy atom. The maximum absolute atomic E-state index is 12.0. The van der Waals surface area contributed by atoms with Crippen molar-refractivity contribution in [3.8, 4) is 11.5 Å². The molecule has 0 amide bonds. The summed E-state index contributed by atoms with van der Waals surface area (Å²) in [5.41, 5.74) is 1.35. The van der Waals surface area contributed by atoms with E-state index in [0.29, 0.717) is 27.9 Å². The van der Waals surface area contributed by atoms with Gasteiger partial charge in [0, 0.05) is 23.2 Å². The summed E-state index contributed by atoms with van der Waals surface area (Å²) in [6.45, 7) is 0.0670. The predicted molar refractivity (Wildman–Crippen MR) is 96.5 cm³/mol. The van der Waals surface area contributed by atoms with E-state index in [0.717, 1.165) is 4.96 Å². The maximum Gasteiger partial charge on any atom is 0.331 e. The third-order valence-electron chi connectivity index (χ3n) is 3.49. The number of nitrogens with zero attached hydrogens (tertiary/aromatic N) is 2. The third kappa shape index (κ3) is 3.78. The molecule has 8 heteroatoms. The fourth-order valence-electron chi connectivity index (χ4n) is 2.26. The van der Waals surface area contributed by atoms with Crippen molar-refractivity contribution < 1.29 is 19.0 Å². The van der Waals surface area contributed by atoms with Crippen LogP contribution in [0.3, 0.4) is 0 Å². The summed E-state index contributed by atoms with van der Waals surface area (Å²) < 4.78 is 17.5. The van der Waals surface area contributed by atoms with Crippen LogP contribution in [0.15, 0.2) is 35.9 Å². The number of aromatic nitrogens is 2. The monoisotopic (exact) mass is 378 g/mol. The summed E-state index contributed by atoms with van der Waals surface area (Å²) >= 11 is 7.54. The number of methoxy groups -OCH3 is 2. The number of rotatable bonds is 6. The SMILES string of the molecule is COc1ccc(OC)c(COC(=O)/C=C/c2c(Cl)nc3sccn23)c1. The van der Waals surface area contributed by atoms with Crippen LogP contribution in [-0.2, 0) is 16.1 Å². The molecule has 0 radical (unpaired) electrons. The molecule has 130 valence electrons. The molecule has 0 aliphatic heterocycles. The quantitative estimate of drug-likeness (QED) is 0.482. The average molecular weight is 379 g/mol. The molecule has 3 rings (SSSR count). The fourth-order valence-corrected chi connectivity index (χ4v) is 3.27. The molecule has 0 bridgehead atoms. The highest BCUT2D eigenvalue weighted by Crippen LogP contribution is 2.25. The summed E-state index contributed by atoms with van der Waals surface area (Å²) in [5, 5.41) is 2.23. The summed E-state index contributed by atoms with van der Waals surface area (Å²) in [5.74, 6) is 0.788. The first-order valence-electron chi connectivity index (χ1n) is 7.29. The van der Waals surface area contributed by atoms with Gasteiger partial charge in [-0.2, -0.15) is 0 Å². The molecule has 6 nitrogen and oxygen atoms in total. The van der Waals surface area contributed by atoms with Gasteiger partial charge in [-0.15, -0.1) is 11.3 Å². The van der Waals surface area contributed by atoms with E-state index in [-0.39, 0.29) is 6.61 Å². The van der Waals surface area contributed by atoms with E-state index < -0.39 is 5.97 Å². The number of halogens is 1. The van der Waals surface area contributed by atoms with Crippen molar-refractivity contribution in [3.63, 3.8) is 0 Å². The van der Waals surface area contributed by atoms with E-state index in [1.165, 1.54) is 17.4 Å². The molecule has 0 spiro atoms. The number of fused-ring (bicyclic) bond motifs is 1. The van der Waals surface area contributed by atoms with E-state index in [2.05, 4.69) is 4.98 Å². The number of hydrogen-bond acceptors (Lipinski definition) is 6. The Morgan fingerprint density at radius 1 is 1.36 bits per heavy atom. The van der Waals surface area contributed by atoms with Crippen molar-refractivity contribution in [2.45, 2.75) is 6.61 Å².